The topological polar surface area (TPSA) is 101 Å². The van der Waals surface area contributed by atoms with Crippen LogP contribution in [0.1, 0.15) is 37.4 Å². The molecule has 0 aliphatic carbocycles. The van der Waals surface area contributed by atoms with Crippen LogP contribution in [-0.4, -0.2) is 21.8 Å². The minimum atomic E-state index is -0.525. The van der Waals surface area contributed by atoms with E-state index in [1.165, 1.54) is 0 Å². The van der Waals surface area contributed by atoms with Crippen molar-refractivity contribution in [3.63, 3.8) is 0 Å². The van der Waals surface area contributed by atoms with Crippen LogP contribution in [0.25, 0.3) is 11.3 Å². The van der Waals surface area contributed by atoms with Gasteiger partial charge in [-0.2, -0.15) is 0 Å². The van der Waals surface area contributed by atoms with Gasteiger partial charge in [-0.25, -0.2) is 4.98 Å². The van der Waals surface area contributed by atoms with Crippen LogP contribution < -0.4 is 11.1 Å². The number of fused-ring (bicyclic) bond motifs is 4. The van der Waals surface area contributed by atoms with E-state index in [1.54, 1.807) is 6.20 Å². The molecule has 0 radical (unpaired) electrons. The zero-order valence-corrected chi connectivity index (χ0v) is 13.3. The lowest BCUT2D eigenvalue weighted by atomic mass is 9.92. The monoisotopic (exact) mass is 324 g/mol. The minimum absolute atomic E-state index is 0.0203. The third-order valence-electron chi connectivity index (χ3n) is 4.30. The van der Waals surface area contributed by atoms with Crippen molar-refractivity contribution in [2.24, 2.45) is 5.73 Å². The molecule has 0 unspecified atom stereocenters. The van der Waals surface area contributed by atoms with Gasteiger partial charge in [0.05, 0.1) is 17.6 Å². The number of nitrogens with one attached hydrogen (secondary N) is 2. The van der Waals surface area contributed by atoms with Crippen LogP contribution >= 0.6 is 0 Å². The number of primary amides is 1. The summed E-state index contributed by atoms with van der Waals surface area (Å²) < 4.78 is 0. The SMILES string of the molecule is C=C(C(N)=O)[C@@H]1CCCCC(=O)Nc2ccccc2-c2cnc1[nH]2. The second-order valence-electron chi connectivity index (χ2n) is 5.96. The number of aromatic nitrogens is 2. The van der Waals surface area contributed by atoms with Crippen LogP contribution in [0, 0.1) is 0 Å². The Morgan fingerprint density at radius 1 is 1.29 bits per heavy atom. The number of H-pyrrole nitrogens is 1. The molecule has 1 aromatic carbocycles. The molecule has 2 aromatic rings. The van der Waals surface area contributed by atoms with Crippen molar-refractivity contribution in [2.75, 3.05) is 5.32 Å². The third kappa shape index (κ3) is 3.22. The molecule has 0 saturated heterocycles. The van der Waals surface area contributed by atoms with Gasteiger partial charge in [-0.15, -0.1) is 0 Å². The van der Waals surface area contributed by atoms with Crippen LogP contribution in [0.5, 0.6) is 0 Å². The predicted octanol–water partition coefficient (Wildman–Crippen LogP) is 2.71. The molecule has 0 spiro atoms. The van der Waals surface area contributed by atoms with Crippen LogP contribution in [0.3, 0.4) is 0 Å². The average Bonchev–Trinajstić information content (AvgIpc) is 3.03. The lowest BCUT2D eigenvalue weighted by Gasteiger charge is -2.16. The fourth-order valence-electron chi connectivity index (χ4n) is 2.97. The molecule has 2 amide bonds. The quantitative estimate of drug-likeness (QED) is 0.740. The number of para-hydroxylation sites is 1. The van der Waals surface area contributed by atoms with E-state index in [-0.39, 0.29) is 11.8 Å². The van der Waals surface area contributed by atoms with Gasteiger partial charge in [0.15, 0.2) is 0 Å². The summed E-state index contributed by atoms with van der Waals surface area (Å²) in [6.07, 6.45) is 4.32. The first-order valence-electron chi connectivity index (χ1n) is 7.99. The van der Waals surface area contributed by atoms with Gasteiger partial charge in [-0.05, 0) is 18.9 Å². The molecule has 3 rings (SSSR count). The normalized spacial score (nSPS) is 17.8. The van der Waals surface area contributed by atoms with Gasteiger partial charge in [0.25, 0.3) is 0 Å². The highest BCUT2D eigenvalue weighted by atomic mass is 16.1. The van der Waals surface area contributed by atoms with E-state index < -0.39 is 5.91 Å². The number of amides is 2. The largest absolute Gasteiger partial charge is 0.366 e. The number of nitrogens with two attached hydrogens (primary N) is 1. The summed E-state index contributed by atoms with van der Waals surface area (Å²) in [5.74, 6) is -0.127. The number of rotatable bonds is 2. The van der Waals surface area contributed by atoms with Crippen LogP contribution in [-0.2, 0) is 9.59 Å². The Balaban J connectivity index is 2.05. The van der Waals surface area contributed by atoms with E-state index in [0.29, 0.717) is 24.2 Å². The molecule has 1 aliphatic rings. The molecule has 2 heterocycles. The van der Waals surface area contributed by atoms with Gasteiger partial charge in [0, 0.05) is 23.5 Å². The van der Waals surface area contributed by atoms with Gasteiger partial charge >= 0.3 is 0 Å². The molecule has 6 nitrogen and oxygen atoms in total. The van der Waals surface area contributed by atoms with Gasteiger partial charge in [-0.3, -0.25) is 9.59 Å². The van der Waals surface area contributed by atoms with E-state index in [2.05, 4.69) is 21.9 Å². The van der Waals surface area contributed by atoms with E-state index in [0.717, 1.165) is 29.8 Å². The minimum Gasteiger partial charge on any atom is -0.366 e. The fraction of sp³-hybridized carbons (Fsp3) is 0.278. The number of imidazole rings is 1. The Kier molecular flexibility index (Phi) is 4.46. The number of anilines is 1. The van der Waals surface area contributed by atoms with Gasteiger partial charge in [0.2, 0.25) is 11.8 Å². The van der Waals surface area contributed by atoms with Crippen molar-refractivity contribution in [3.8, 4) is 11.3 Å². The molecule has 0 saturated carbocycles. The standard InChI is InChI=1S/C18H20N4O2/c1-11(17(19)24)12-6-3-5-9-16(23)21-14-8-4-2-7-13(14)15-10-20-18(12)22-15/h2,4,7-8,10,12H,1,3,5-6,9H2,(H2,19,24)(H,20,22)(H,21,23)/t12-/m0/s1. The highest BCUT2D eigenvalue weighted by Crippen LogP contribution is 2.32. The second-order valence-corrected chi connectivity index (χ2v) is 5.96. The number of carbonyl (C=O) groups is 2. The molecule has 4 N–H and O–H groups in total. The van der Waals surface area contributed by atoms with Gasteiger partial charge in [-0.1, -0.05) is 31.2 Å². The van der Waals surface area contributed by atoms with Crippen LogP contribution in [0.4, 0.5) is 5.69 Å². The van der Waals surface area contributed by atoms with Crippen molar-refractivity contribution >= 4 is 17.5 Å². The van der Waals surface area contributed by atoms with Crippen LogP contribution in [0.2, 0.25) is 0 Å². The highest BCUT2D eigenvalue weighted by molar-refractivity contribution is 5.95. The first-order chi connectivity index (χ1) is 11.6. The number of benzene rings is 1. The third-order valence-corrected chi connectivity index (χ3v) is 4.30. The van der Waals surface area contributed by atoms with Crippen molar-refractivity contribution in [1.29, 1.82) is 0 Å². The molecular formula is C18H20N4O2. The summed E-state index contributed by atoms with van der Waals surface area (Å²) in [6.45, 7) is 3.82. The Morgan fingerprint density at radius 2 is 2.08 bits per heavy atom. The lowest BCUT2D eigenvalue weighted by Crippen LogP contribution is -2.20. The molecule has 124 valence electrons. The lowest BCUT2D eigenvalue weighted by molar-refractivity contribution is -0.116. The molecule has 0 fully saturated rings. The van der Waals surface area contributed by atoms with E-state index in [1.807, 2.05) is 24.3 Å². The van der Waals surface area contributed by atoms with Gasteiger partial charge in [0.1, 0.15) is 5.82 Å². The smallest absolute Gasteiger partial charge is 0.244 e. The number of hydrogen-bond acceptors (Lipinski definition) is 3. The first-order valence-corrected chi connectivity index (χ1v) is 7.99. The average molecular weight is 324 g/mol. The maximum Gasteiger partial charge on any atom is 0.244 e. The molecule has 1 aliphatic heterocycles. The van der Waals surface area contributed by atoms with E-state index >= 15 is 0 Å². The zero-order chi connectivity index (χ0) is 17.1. The summed E-state index contributed by atoms with van der Waals surface area (Å²) in [7, 11) is 0. The van der Waals surface area contributed by atoms with Crippen molar-refractivity contribution in [1.82, 2.24) is 9.97 Å². The second kappa shape index (κ2) is 6.70. The molecule has 1 aromatic heterocycles. The number of hydrogen-bond donors (Lipinski definition) is 3. The summed E-state index contributed by atoms with van der Waals surface area (Å²) in [4.78, 5) is 31.4. The summed E-state index contributed by atoms with van der Waals surface area (Å²) in [5, 5.41) is 2.95. The Bertz CT molecular complexity index is 794. The number of carbonyl (C=O) groups excluding carboxylic acids is 2. The van der Waals surface area contributed by atoms with Crippen molar-refractivity contribution in [2.45, 2.75) is 31.6 Å². The molecule has 2 bridgehead atoms. The Hall–Kier alpha value is -2.89. The molecule has 6 heteroatoms. The maximum absolute atomic E-state index is 12.1. The summed E-state index contributed by atoms with van der Waals surface area (Å²) >= 11 is 0. The number of nitrogens with zero attached hydrogens (tertiary/aromatic N) is 1. The summed E-state index contributed by atoms with van der Waals surface area (Å²) in [5.41, 5.74) is 8.12. The highest BCUT2D eigenvalue weighted by Gasteiger charge is 2.23. The van der Waals surface area contributed by atoms with Crippen molar-refractivity contribution < 1.29 is 9.59 Å². The van der Waals surface area contributed by atoms with Gasteiger partial charge < -0.3 is 16.0 Å². The maximum atomic E-state index is 12.1. The Labute approximate surface area is 140 Å². The first kappa shape index (κ1) is 16.0. The number of aromatic amines is 1. The Morgan fingerprint density at radius 3 is 2.88 bits per heavy atom. The molecule has 24 heavy (non-hydrogen) atoms. The fourth-order valence-corrected chi connectivity index (χ4v) is 2.97. The predicted molar refractivity (Wildman–Crippen MR) is 92.2 cm³/mol. The molecular weight excluding hydrogens is 304 g/mol. The van der Waals surface area contributed by atoms with Crippen LogP contribution in [0.15, 0.2) is 42.6 Å². The summed E-state index contributed by atoms with van der Waals surface area (Å²) in [6, 6.07) is 7.55. The molecule has 1 atom stereocenters. The van der Waals surface area contributed by atoms with Crippen molar-refractivity contribution in [3.05, 3.63) is 48.4 Å². The van der Waals surface area contributed by atoms with E-state index in [4.69, 9.17) is 5.73 Å². The zero-order valence-electron chi connectivity index (χ0n) is 13.3. The van der Waals surface area contributed by atoms with E-state index in [9.17, 15) is 9.59 Å².